The predicted octanol–water partition coefficient (Wildman–Crippen LogP) is 1.22. The fraction of sp³-hybridized carbons (Fsp3) is 0.357. The molecule has 1 N–H and O–H groups in total. The van der Waals surface area contributed by atoms with Crippen molar-refractivity contribution in [2.75, 3.05) is 7.11 Å². The molecule has 21 heavy (non-hydrogen) atoms. The first kappa shape index (κ1) is 14.1. The van der Waals surface area contributed by atoms with Gasteiger partial charge in [-0.2, -0.15) is 0 Å². The molecule has 0 bridgehead atoms. The van der Waals surface area contributed by atoms with Crippen molar-refractivity contribution in [1.29, 1.82) is 0 Å². The lowest BCUT2D eigenvalue weighted by molar-refractivity contribution is -0.136. The average molecular weight is 353 g/mol. The van der Waals surface area contributed by atoms with Gasteiger partial charge in [-0.25, -0.2) is 0 Å². The first-order chi connectivity index (χ1) is 10.0. The van der Waals surface area contributed by atoms with Crippen molar-refractivity contribution in [2.45, 2.75) is 25.4 Å². The number of amides is 3. The number of hydrogen-bond donors (Lipinski definition) is 1. The molecule has 0 aromatic heterocycles. The molecular weight excluding hydrogens is 340 g/mol. The molecule has 0 spiro atoms. The summed E-state index contributed by atoms with van der Waals surface area (Å²) >= 11 is 3.38. The van der Waals surface area contributed by atoms with Gasteiger partial charge in [0.1, 0.15) is 11.8 Å². The molecule has 7 heteroatoms. The van der Waals surface area contributed by atoms with Crippen LogP contribution < -0.4 is 10.1 Å². The predicted molar refractivity (Wildman–Crippen MR) is 76.7 cm³/mol. The Morgan fingerprint density at radius 3 is 2.76 bits per heavy atom. The lowest BCUT2D eigenvalue weighted by Gasteiger charge is -2.29. The number of methoxy groups -OCH3 is 1. The van der Waals surface area contributed by atoms with Gasteiger partial charge in [0.15, 0.2) is 0 Å². The van der Waals surface area contributed by atoms with E-state index in [-0.39, 0.29) is 18.2 Å². The van der Waals surface area contributed by atoms with Crippen molar-refractivity contribution >= 4 is 33.7 Å². The highest BCUT2D eigenvalue weighted by atomic mass is 79.9. The van der Waals surface area contributed by atoms with Gasteiger partial charge in [-0.1, -0.05) is 6.07 Å². The largest absolute Gasteiger partial charge is 0.496 e. The van der Waals surface area contributed by atoms with Gasteiger partial charge in [0, 0.05) is 13.0 Å². The van der Waals surface area contributed by atoms with E-state index in [2.05, 4.69) is 21.2 Å². The molecule has 1 atom stereocenters. The van der Waals surface area contributed by atoms with Crippen LogP contribution in [0.3, 0.4) is 0 Å². The van der Waals surface area contributed by atoms with Crippen LogP contribution in [0, 0.1) is 0 Å². The summed E-state index contributed by atoms with van der Waals surface area (Å²) in [5.41, 5.74) is 1.37. The number of ether oxygens (including phenoxy) is 1. The number of piperidine rings is 1. The van der Waals surface area contributed by atoms with E-state index < -0.39 is 11.9 Å². The smallest absolute Gasteiger partial charge is 0.256 e. The number of nitrogens with zero attached hydrogens (tertiary/aromatic N) is 1. The van der Waals surface area contributed by atoms with Crippen LogP contribution >= 0.6 is 15.9 Å². The van der Waals surface area contributed by atoms with Crippen molar-refractivity contribution < 1.29 is 19.1 Å². The Kier molecular flexibility index (Phi) is 3.44. The highest BCUT2D eigenvalue weighted by Crippen LogP contribution is 2.37. The van der Waals surface area contributed by atoms with Gasteiger partial charge in [0.05, 0.1) is 17.1 Å². The van der Waals surface area contributed by atoms with Crippen molar-refractivity contribution in [3.05, 3.63) is 27.7 Å². The van der Waals surface area contributed by atoms with Crippen molar-refractivity contribution in [1.82, 2.24) is 10.2 Å². The van der Waals surface area contributed by atoms with Crippen LogP contribution in [0.2, 0.25) is 0 Å². The molecule has 0 saturated carbocycles. The van der Waals surface area contributed by atoms with E-state index in [9.17, 15) is 14.4 Å². The molecular formula is C14H13BrN2O4. The Morgan fingerprint density at radius 2 is 2.10 bits per heavy atom. The van der Waals surface area contributed by atoms with E-state index in [0.29, 0.717) is 28.8 Å². The minimum Gasteiger partial charge on any atom is -0.496 e. The monoisotopic (exact) mass is 352 g/mol. The number of fused-ring (bicyclic) bond motifs is 1. The van der Waals surface area contributed by atoms with E-state index in [1.54, 1.807) is 6.07 Å². The molecule has 2 heterocycles. The van der Waals surface area contributed by atoms with Gasteiger partial charge in [-0.3, -0.25) is 19.7 Å². The zero-order chi connectivity index (χ0) is 15.1. The third-order valence-electron chi connectivity index (χ3n) is 3.81. The molecule has 6 nitrogen and oxygen atoms in total. The summed E-state index contributed by atoms with van der Waals surface area (Å²) in [6.07, 6.45) is 0.611. The maximum atomic E-state index is 12.6. The number of halogens is 1. The lowest BCUT2D eigenvalue weighted by atomic mass is 10.0. The van der Waals surface area contributed by atoms with Crippen molar-refractivity contribution in [2.24, 2.45) is 0 Å². The lowest BCUT2D eigenvalue weighted by Crippen LogP contribution is -2.52. The zero-order valence-electron chi connectivity index (χ0n) is 11.3. The van der Waals surface area contributed by atoms with Gasteiger partial charge >= 0.3 is 0 Å². The summed E-state index contributed by atoms with van der Waals surface area (Å²) in [6, 6.07) is 3.01. The van der Waals surface area contributed by atoms with Crippen LogP contribution in [0.5, 0.6) is 5.75 Å². The highest BCUT2D eigenvalue weighted by Gasteiger charge is 2.40. The number of imide groups is 1. The van der Waals surface area contributed by atoms with Crippen LogP contribution in [-0.4, -0.2) is 35.8 Å². The fourth-order valence-corrected chi connectivity index (χ4v) is 3.47. The standard InChI is InChI=1S/C14H13BrN2O4/c1-21-9-4-2-7-6-17(14(20)11(7)12(9)15)8-3-5-10(18)16-13(8)19/h2,4,8H,3,5-6H2,1H3,(H,16,18,19). The first-order valence-corrected chi connectivity index (χ1v) is 7.32. The summed E-state index contributed by atoms with van der Waals surface area (Å²) in [4.78, 5) is 37.2. The second-order valence-corrected chi connectivity index (χ2v) is 5.81. The molecule has 2 aliphatic rings. The van der Waals surface area contributed by atoms with Gasteiger partial charge in [-0.05, 0) is 34.0 Å². The van der Waals surface area contributed by atoms with E-state index in [1.807, 2.05) is 6.07 Å². The third kappa shape index (κ3) is 2.21. The topological polar surface area (TPSA) is 75.7 Å². The Bertz CT molecular complexity index is 659. The van der Waals surface area contributed by atoms with Gasteiger partial charge in [-0.15, -0.1) is 0 Å². The van der Waals surface area contributed by atoms with Gasteiger partial charge in [0.25, 0.3) is 5.91 Å². The maximum Gasteiger partial charge on any atom is 0.256 e. The number of hydrogen-bond acceptors (Lipinski definition) is 4. The maximum absolute atomic E-state index is 12.6. The molecule has 110 valence electrons. The van der Waals surface area contributed by atoms with Gasteiger partial charge in [0.2, 0.25) is 11.8 Å². The second-order valence-electron chi connectivity index (χ2n) is 5.02. The van der Waals surface area contributed by atoms with E-state index >= 15 is 0 Å². The summed E-state index contributed by atoms with van der Waals surface area (Å²) < 4.78 is 5.79. The Morgan fingerprint density at radius 1 is 1.33 bits per heavy atom. The SMILES string of the molecule is COc1ccc2c(c1Br)C(=O)N(C1CCC(=O)NC1=O)C2. The molecule has 1 aromatic carbocycles. The van der Waals surface area contributed by atoms with E-state index in [1.165, 1.54) is 12.0 Å². The number of benzene rings is 1. The minimum absolute atomic E-state index is 0.217. The molecule has 1 fully saturated rings. The van der Waals surface area contributed by atoms with Crippen LogP contribution in [-0.2, 0) is 16.1 Å². The van der Waals surface area contributed by atoms with E-state index in [4.69, 9.17) is 4.74 Å². The molecule has 0 radical (unpaired) electrons. The summed E-state index contributed by atoms with van der Waals surface area (Å²) in [7, 11) is 1.53. The van der Waals surface area contributed by atoms with Crippen molar-refractivity contribution in [3.63, 3.8) is 0 Å². The molecule has 1 unspecified atom stereocenters. The molecule has 1 aromatic rings. The summed E-state index contributed by atoms with van der Waals surface area (Å²) in [5, 5.41) is 2.28. The first-order valence-electron chi connectivity index (χ1n) is 6.53. The summed E-state index contributed by atoms with van der Waals surface area (Å²) in [6.45, 7) is 0.364. The minimum atomic E-state index is -0.597. The number of carbonyl (C=O) groups excluding carboxylic acids is 3. The number of rotatable bonds is 2. The van der Waals surface area contributed by atoms with Crippen LogP contribution in [0.4, 0.5) is 0 Å². The Hall–Kier alpha value is -1.89. The fourth-order valence-electron chi connectivity index (χ4n) is 2.75. The number of nitrogens with one attached hydrogen (secondary N) is 1. The normalized spacial score (nSPS) is 21.3. The molecule has 0 aliphatic carbocycles. The van der Waals surface area contributed by atoms with Crippen LogP contribution in [0.25, 0.3) is 0 Å². The zero-order valence-corrected chi connectivity index (χ0v) is 12.9. The Balaban J connectivity index is 1.92. The van der Waals surface area contributed by atoms with Crippen LogP contribution in [0.15, 0.2) is 16.6 Å². The van der Waals surface area contributed by atoms with E-state index in [0.717, 1.165) is 5.56 Å². The number of carbonyl (C=O) groups is 3. The Labute approximate surface area is 129 Å². The van der Waals surface area contributed by atoms with Gasteiger partial charge < -0.3 is 9.64 Å². The quantitative estimate of drug-likeness (QED) is 0.812. The average Bonchev–Trinajstić information content (AvgIpc) is 2.77. The summed E-state index contributed by atoms with van der Waals surface area (Å²) in [5.74, 6) is -0.337. The molecule has 2 aliphatic heterocycles. The molecule has 1 saturated heterocycles. The van der Waals surface area contributed by atoms with Crippen LogP contribution in [0.1, 0.15) is 28.8 Å². The molecule has 3 amide bonds. The van der Waals surface area contributed by atoms with Crippen molar-refractivity contribution in [3.8, 4) is 5.75 Å². The molecule has 3 rings (SSSR count). The highest BCUT2D eigenvalue weighted by molar-refractivity contribution is 9.10. The third-order valence-corrected chi connectivity index (χ3v) is 4.60. The second kappa shape index (κ2) is 5.14.